The lowest BCUT2D eigenvalue weighted by Gasteiger charge is -2.34. The average molecular weight is 244 g/mol. The normalized spacial score (nSPS) is 34.7. The highest BCUT2D eigenvalue weighted by molar-refractivity contribution is 7.99. The zero-order chi connectivity index (χ0) is 12.1. The van der Waals surface area contributed by atoms with Gasteiger partial charge in [0.15, 0.2) is 0 Å². The lowest BCUT2D eigenvalue weighted by Crippen LogP contribution is -2.31. The smallest absolute Gasteiger partial charge is 0.0659 e. The standard InChI is InChI=1S/C14H28OS/c1-5-12(4)16-9-14(15)13-7-10(2)6-11(3)8-13/h10-15H,5-9H2,1-4H3. The van der Waals surface area contributed by atoms with Crippen LogP contribution >= 0.6 is 11.8 Å². The first-order valence-electron chi connectivity index (χ1n) is 6.82. The number of hydrogen-bond acceptors (Lipinski definition) is 2. The summed E-state index contributed by atoms with van der Waals surface area (Å²) in [4.78, 5) is 0. The van der Waals surface area contributed by atoms with Gasteiger partial charge in [-0.15, -0.1) is 0 Å². The summed E-state index contributed by atoms with van der Waals surface area (Å²) in [5.41, 5.74) is 0. The van der Waals surface area contributed by atoms with E-state index in [0.29, 0.717) is 11.2 Å². The summed E-state index contributed by atoms with van der Waals surface area (Å²) in [6.07, 6.45) is 4.93. The molecule has 0 aromatic rings. The minimum absolute atomic E-state index is 0.0794. The molecule has 0 aliphatic heterocycles. The van der Waals surface area contributed by atoms with Gasteiger partial charge in [0.1, 0.15) is 0 Å². The molecular weight excluding hydrogens is 216 g/mol. The van der Waals surface area contributed by atoms with E-state index in [1.54, 1.807) is 0 Å². The van der Waals surface area contributed by atoms with E-state index in [1.807, 2.05) is 11.8 Å². The predicted molar refractivity (Wildman–Crippen MR) is 73.9 cm³/mol. The van der Waals surface area contributed by atoms with Crippen LogP contribution in [0.2, 0.25) is 0 Å². The summed E-state index contributed by atoms with van der Waals surface area (Å²) in [7, 11) is 0. The molecule has 16 heavy (non-hydrogen) atoms. The van der Waals surface area contributed by atoms with Gasteiger partial charge < -0.3 is 5.11 Å². The van der Waals surface area contributed by atoms with Crippen LogP contribution in [0.1, 0.15) is 53.4 Å². The van der Waals surface area contributed by atoms with Crippen molar-refractivity contribution in [1.29, 1.82) is 0 Å². The molecule has 1 N–H and O–H groups in total. The Morgan fingerprint density at radius 2 is 1.75 bits per heavy atom. The van der Waals surface area contributed by atoms with Crippen molar-refractivity contribution < 1.29 is 5.11 Å². The maximum absolute atomic E-state index is 10.2. The van der Waals surface area contributed by atoms with Crippen molar-refractivity contribution in [2.75, 3.05) is 5.75 Å². The number of aliphatic hydroxyl groups is 1. The van der Waals surface area contributed by atoms with E-state index in [9.17, 15) is 5.11 Å². The van der Waals surface area contributed by atoms with E-state index >= 15 is 0 Å². The van der Waals surface area contributed by atoms with Crippen molar-refractivity contribution in [3.8, 4) is 0 Å². The van der Waals surface area contributed by atoms with Gasteiger partial charge in [-0.3, -0.25) is 0 Å². The molecule has 0 spiro atoms. The Bertz CT molecular complexity index is 185. The molecule has 4 atom stereocenters. The second-order valence-electron chi connectivity index (χ2n) is 5.80. The van der Waals surface area contributed by atoms with Gasteiger partial charge in [-0.25, -0.2) is 0 Å². The maximum atomic E-state index is 10.2. The Morgan fingerprint density at radius 1 is 1.19 bits per heavy atom. The van der Waals surface area contributed by atoms with Crippen molar-refractivity contribution in [2.24, 2.45) is 17.8 Å². The van der Waals surface area contributed by atoms with Crippen LogP contribution in [0.4, 0.5) is 0 Å². The summed E-state index contributed by atoms with van der Waals surface area (Å²) in [5.74, 6) is 3.09. The fourth-order valence-corrected chi connectivity index (χ4v) is 3.87. The monoisotopic (exact) mass is 244 g/mol. The van der Waals surface area contributed by atoms with Crippen molar-refractivity contribution in [1.82, 2.24) is 0 Å². The van der Waals surface area contributed by atoms with Gasteiger partial charge >= 0.3 is 0 Å². The van der Waals surface area contributed by atoms with Crippen molar-refractivity contribution in [3.63, 3.8) is 0 Å². The molecule has 1 aliphatic carbocycles. The molecule has 0 aromatic carbocycles. The first-order chi connectivity index (χ1) is 7.52. The van der Waals surface area contributed by atoms with Crippen LogP contribution < -0.4 is 0 Å². The van der Waals surface area contributed by atoms with E-state index in [0.717, 1.165) is 17.6 Å². The molecular formula is C14H28OS. The van der Waals surface area contributed by atoms with Crippen molar-refractivity contribution in [2.45, 2.75) is 64.7 Å². The molecule has 0 saturated heterocycles. The highest BCUT2D eigenvalue weighted by Gasteiger charge is 2.28. The molecule has 0 aromatic heterocycles. The Labute approximate surface area is 105 Å². The van der Waals surface area contributed by atoms with Crippen LogP contribution in [-0.2, 0) is 0 Å². The molecule has 96 valence electrons. The van der Waals surface area contributed by atoms with Gasteiger partial charge in [0.05, 0.1) is 6.10 Å². The van der Waals surface area contributed by atoms with Gasteiger partial charge in [-0.2, -0.15) is 11.8 Å². The van der Waals surface area contributed by atoms with Crippen LogP contribution in [0.25, 0.3) is 0 Å². The van der Waals surface area contributed by atoms with Gasteiger partial charge in [0.2, 0.25) is 0 Å². The number of hydrogen-bond donors (Lipinski definition) is 1. The lowest BCUT2D eigenvalue weighted by atomic mass is 9.75. The van der Waals surface area contributed by atoms with Crippen LogP contribution in [0.5, 0.6) is 0 Å². The number of rotatable bonds is 5. The molecule has 0 bridgehead atoms. The zero-order valence-electron chi connectivity index (χ0n) is 11.3. The Balaban J connectivity index is 2.32. The predicted octanol–water partition coefficient (Wildman–Crippen LogP) is 3.95. The molecule has 1 rings (SSSR count). The van der Waals surface area contributed by atoms with Gasteiger partial charge in [0.25, 0.3) is 0 Å². The lowest BCUT2D eigenvalue weighted by molar-refractivity contribution is 0.0723. The maximum Gasteiger partial charge on any atom is 0.0659 e. The van der Waals surface area contributed by atoms with E-state index in [1.165, 1.54) is 25.7 Å². The van der Waals surface area contributed by atoms with Gasteiger partial charge in [-0.05, 0) is 43.4 Å². The number of aliphatic hydroxyl groups excluding tert-OH is 1. The molecule has 0 amide bonds. The minimum atomic E-state index is -0.0794. The van der Waals surface area contributed by atoms with E-state index < -0.39 is 0 Å². The highest BCUT2D eigenvalue weighted by atomic mass is 32.2. The van der Waals surface area contributed by atoms with Gasteiger partial charge in [-0.1, -0.05) is 27.7 Å². The quantitative estimate of drug-likeness (QED) is 0.790. The van der Waals surface area contributed by atoms with Crippen molar-refractivity contribution >= 4 is 11.8 Å². The molecule has 4 unspecified atom stereocenters. The van der Waals surface area contributed by atoms with Crippen molar-refractivity contribution in [3.05, 3.63) is 0 Å². The molecule has 0 heterocycles. The Hall–Kier alpha value is 0.310. The van der Waals surface area contributed by atoms with E-state index in [-0.39, 0.29) is 6.10 Å². The van der Waals surface area contributed by atoms with E-state index in [2.05, 4.69) is 27.7 Å². The summed E-state index contributed by atoms with van der Waals surface area (Å²) >= 11 is 1.93. The topological polar surface area (TPSA) is 20.2 Å². The zero-order valence-corrected chi connectivity index (χ0v) is 12.1. The third-order valence-electron chi connectivity index (χ3n) is 3.89. The first kappa shape index (κ1) is 14.4. The second-order valence-corrected chi connectivity index (χ2v) is 7.27. The van der Waals surface area contributed by atoms with Crippen LogP contribution in [0, 0.1) is 17.8 Å². The molecule has 1 nitrogen and oxygen atoms in total. The minimum Gasteiger partial charge on any atom is -0.392 e. The largest absolute Gasteiger partial charge is 0.392 e. The Morgan fingerprint density at radius 3 is 2.25 bits per heavy atom. The fraction of sp³-hybridized carbons (Fsp3) is 1.00. The highest BCUT2D eigenvalue weighted by Crippen LogP contribution is 2.35. The molecule has 1 aliphatic rings. The fourth-order valence-electron chi connectivity index (χ4n) is 2.84. The summed E-state index contributed by atoms with van der Waals surface area (Å²) in [5, 5.41) is 10.9. The Kier molecular flexibility index (Phi) is 6.20. The third-order valence-corrected chi connectivity index (χ3v) is 5.32. The molecule has 1 fully saturated rings. The summed E-state index contributed by atoms with van der Waals surface area (Å²) in [6.45, 7) is 9.13. The molecule has 2 heteroatoms. The summed E-state index contributed by atoms with van der Waals surface area (Å²) in [6, 6.07) is 0. The molecule has 1 saturated carbocycles. The molecule has 0 radical (unpaired) electrons. The SMILES string of the molecule is CCC(C)SCC(O)C1CC(C)CC(C)C1. The van der Waals surface area contributed by atoms with Crippen LogP contribution in [-0.4, -0.2) is 22.2 Å². The van der Waals surface area contributed by atoms with Crippen LogP contribution in [0.15, 0.2) is 0 Å². The summed E-state index contributed by atoms with van der Waals surface area (Å²) < 4.78 is 0. The first-order valence-corrected chi connectivity index (χ1v) is 7.87. The van der Waals surface area contributed by atoms with Gasteiger partial charge in [0, 0.05) is 11.0 Å². The third kappa shape index (κ3) is 4.67. The second kappa shape index (κ2) is 6.90. The van der Waals surface area contributed by atoms with E-state index in [4.69, 9.17) is 0 Å². The average Bonchev–Trinajstić information content (AvgIpc) is 2.23. The number of thioether (sulfide) groups is 1. The van der Waals surface area contributed by atoms with Crippen LogP contribution in [0.3, 0.4) is 0 Å².